The van der Waals surface area contributed by atoms with Crippen LogP contribution in [0.5, 0.6) is 0 Å². The Morgan fingerprint density at radius 2 is 2.28 bits per heavy atom. The first kappa shape index (κ1) is 12.6. The topological polar surface area (TPSA) is 108 Å². The standard InChI is InChI=1S/C10H15N3O5/c14-7-5-13(3-2-11-7)9(17)12-10(8(15)16)1-4-18-6-10/h1-6H2,(H,11,14)(H,12,17)(H,15,16). The third-order valence-corrected chi connectivity index (χ3v) is 3.10. The maximum atomic E-state index is 11.9. The Balaban J connectivity index is 2.01. The number of carbonyl (C=O) groups excluding carboxylic acids is 2. The Bertz CT molecular complexity index is 378. The maximum Gasteiger partial charge on any atom is 0.332 e. The molecule has 0 saturated carbocycles. The second-order valence-corrected chi connectivity index (χ2v) is 4.39. The molecule has 2 aliphatic heterocycles. The van der Waals surface area contributed by atoms with Gasteiger partial charge < -0.3 is 25.4 Å². The monoisotopic (exact) mass is 257 g/mol. The summed E-state index contributed by atoms with van der Waals surface area (Å²) in [6.07, 6.45) is 0.230. The molecule has 0 aromatic heterocycles. The smallest absolute Gasteiger partial charge is 0.332 e. The van der Waals surface area contributed by atoms with Crippen molar-refractivity contribution >= 4 is 17.9 Å². The van der Waals surface area contributed by atoms with E-state index in [1.807, 2.05) is 0 Å². The Hall–Kier alpha value is -1.83. The van der Waals surface area contributed by atoms with E-state index in [0.29, 0.717) is 19.7 Å². The number of urea groups is 1. The fourth-order valence-corrected chi connectivity index (χ4v) is 1.98. The van der Waals surface area contributed by atoms with Crippen molar-refractivity contribution < 1.29 is 24.2 Å². The Morgan fingerprint density at radius 1 is 1.50 bits per heavy atom. The molecule has 3 N–H and O–H groups in total. The van der Waals surface area contributed by atoms with Gasteiger partial charge >= 0.3 is 12.0 Å². The molecule has 2 saturated heterocycles. The van der Waals surface area contributed by atoms with Crippen LogP contribution in [0.3, 0.4) is 0 Å². The zero-order valence-corrected chi connectivity index (χ0v) is 9.77. The fourth-order valence-electron chi connectivity index (χ4n) is 1.98. The molecule has 1 atom stereocenters. The molecule has 0 aromatic carbocycles. The first-order valence-electron chi connectivity index (χ1n) is 5.68. The van der Waals surface area contributed by atoms with Crippen molar-refractivity contribution in [2.45, 2.75) is 12.0 Å². The molecule has 1 unspecified atom stereocenters. The summed E-state index contributed by atoms with van der Waals surface area (Å²) >= 11 is 0. The van der Waals surface area contributed by atoms with Crippen LogP contribution < -0.4 is 10.6 Å². The molecule has 100 valence electrons. The van der Waals surface area contributed by atoms with E-state index in [9.17, 15) is 19.5 Å². The third-order valence-electron chi connectivity index (χ3n) is 3.10. The lowest BCUT2D eigenvalue weighted by atomic mass is 9.99. The molecular formula is C10H15N3O5. The summed E-state index contributed by atoms with van der Waals surface area (Å²) in [6.45, 7) is 0.945. The summed E-state index contributed by atoms with van der Waals surface area (Å²) in [4.78, 5) is 35.6. The third kappa shape index (κ3) is 2.37. The van der Waals surface area contributed by atoms with Crippen LogP contribution in [0.25, 0.3) is 0 Å². The van der Waals surface area contributed by atoms with E-state index >= 15 is 0 Å². The van der Waals surface area contributed by atoms with Crippen LogP contribution in [-0.4, -0.2) is 66.3 Å². The number of amides is 3. The Morgan fingerprint density at radius 3 is 2.83 bits per heavy atom. The fraction of sp³-hybridized carbons (Fsp3) is 0.700. The van der Waals surface area contributed by atoms with Gasteiger partial charge in [0.15, 0.2) is 5.54 Å². The van der Waals surface area contributed by atoms with E-state index in [4.69, 9.17) is 4.74 Å². The molecule has 0 radical (unpaired) electrons. The van der Waals surface area contributed by atoms with Crippen molar-refractivity contribution in [3.8, 4) is 0 Å². The Labute approximate surface area is 103 Å². The van der Waals surface area contributed by atoms with Gasteiger partial charge in [0.1, 0.15) is 6.54 Å². The van der Waals surface area contributed by atoms with Gasteiger partial charge in [0.2, 0.25) is 5.91 Å². The van der Waals surface area contributed by atoms with E-state index < -0.39 is 17.5 Å². The van der Waals surface area contributed by atoms with Gasteiger partial charge in [0.25, 0.3) is 0 Å². The first-order valence-corrected chi connectivity index (χ1v) is 5.68. The normalized spacial score (nSPS) is 27.8. The summed E-state index contributed by atoms with van der Waals surface area (Å²) in [5, 5.41) is 14.2. The molecule has 2 aliphatic rings. The maximum absolute atomic E-state index is 11.9. The van der Waals surface area contributed by atoms with Gasteiger partial charge in [0.05, 0.1) is 6.61 Å². The number of carboxylic acids is 1. The molecule has 2 rings (SSSR count). The van der Waals surface area contributed by atoms with E-state index in [0.717, 1.165) is 0 Å². The van der Waals surface area contributed by atoms with E-state index in [1.165, 1.54) is 4.90 Å². The number of nitrogens with zero attached hydrogens (tertiary/aromatic N) is 1. The number of aliphatic carboxylic acids is 1. The van der Waals surface area contributed by atoms with Gasteiger partial charge in [-0.15, -0.1) is 0 Å². The molecule has 3 amide bonds. The van der Waals surface area contributed by atoms with Crippen LogP contribution in [-0.2, 0) is 14.3 Å². The minimum atomic E-state index is -1.37. The SMILES string of the molecule is O=C1CN(C(=O)NC2(C(=O)O)CCOC2)CCN1. The largest absolute Gasteiger partial charge is 0.479 e. The molecule has 2 fully saturated rings. The second-order valence-electron chi connectivity index (χ2n) is 4.39. The summed E-state index contributed by atoms with van der Waals surface area (Å²) in [5.41, 5.74) is -1.37. The van der Waals surface area contributed by atoms with Crippen molar-refractivity contribution in [3.63, 3.8) is 0 Å². The molecule has 0 bridgehead atoms. The lowest BCUT2D eigenvalue weighted by molar-refractivity contribution is -0.144. The number of piperazine rings is 1. The summed E-state index contributed by atoms with van der Waals surface area (Å²) < 4.78 is 5.04. The average molecular weight is 257 g/mol. The highest BCUT2D eigenvalue weighted by atomic mass is 16.5. The van der Waals surface area contributed by atoms with Crippen LogP contribution in [0.1, 0.15) is 6.42 Å². The average Bonchev–Trinajstić information content (AvgIpc) is 2.79. The van der Waals surface area contributed by atoms with Crippen molar-refractivity contribution in [2.24, 2.45) is 0 Å². The number of hydrogen-bond acceptors (Lipinski definition) is 4. The summed E-state index contributed by atoms with van der Waals surface area (Å²) in [6, 6.07) is -0.544. The van der Waals surface area contributed by atoms with Crippen LogP contribution in [0.15, 0.2) is 0 Å². The lowest BCUT2D eigenvalue weighted by Crippen LogP contribution is -2.61. The number of ether oxygens (including phenoxy) is 1. The lowest BCUT2D eigenvalue weighted by Gasteiger charge is -2.31. The number of nitrogens with one attached hydrogen (secondary N) is 2. The summed E-state index contributed by atoms with van der Waals surface area (Å²) in [7, 11) is 0. The molecule has 18 heavy (non-hydrogen) atoms. The van der Waals surface area contributed by atoms with Crippen LogP contribution in [0, 0.1) is 0 Å². The minimum Gasteiger partial charge on any atom is -0.479 e. The quantitative estimate of drug-likeness (QED) is 0.550. The van der Waals surface area contributed by atoms with Crippen LogP contribution >= 0.6 is 0 Å². The predicted molar refractivity (Wildman–Crippen MR) is 58.9 cm³/mol. The number of carboxylic acid groups (broad SMARTS) is 1. The molecule has 0 spiro atoms. The van der Waals surface area contributed by atoms with E-state index in [2.05, 4.69) is 10.6 Å². The number of carbonyl (C=O) groups is 3. The highest BCUT2D eigenvalue weighted by Crippen LogP contribution is 2.19. The van der Waals surface area contributed by atoms with E-state index in [-0.39, 0.29) is 25.5 Å². The van der Waals surface area contributed by atoms with Crippen LogP contribution in [0.4, 0.5) is 4.79 Å². The number of hydrogen-bond donors (Lipinski definition) is 3. The van der Waals surface area contributed by atoms with Gasteiger partial charge in [0, 0.05) is 26.1 Å². The van der Waals surface area contributed by atoms with Crippen molar-refractivity contribution in [1.82, 2.24) is 15.5 Å². The number of rotatable bonds is 2. The highest BCUT2D eigenvalue weighted by Gasteiger charge is 2.44. The van der Waals surface area contributed by atoms with Crippen molar-refractivity contribution in [3.05, 3.63) is 0 Å². The molecule has 0 aromatic rings. The Kier molecular flexibility index (Phi) is 3.37. The van der Waals surface area contributed by atoms with E-state index in [1.54, 1.807) is 0 Å². The molecule has 8 nitrogen and oxygen atoms in total. The van der Waals surface area contributed by atoms with Gasteiger partial charge in [-0.1, -0.05) is 0 Å². The zero-order valence-electron chi connectivity index (χ0n) is 9.77. The predicted octanol–water partition coefficient (Wildman–Crippen LogP) is -1.63. The molecule has 8 heteroatoms. The minimum absolute atomic E-state index is 0.0475. The first-order chi connectivity index (χ1) is 8.53. The van der Waals surface area contributed by atoms with Crippen LogP contribution in [0.2, 0.25) is 0 Å². The van der Waals surface area contributed by atoms with Crippen molar-refractivity contribution in [1.29, 1.82) is 0 Å². The van der Waals surface area contributed by atoms with Gasteiger partial charge in [-0.2, -0.15) is 0 Å². The van der Waals surface area contributed by atoms with Gasteiger partial charge in [-0.25, -0.2) is 9.59 Å². The summed E-state index contributed by atoms with van der Waals surface area (Å²) in [5.74, 6) is -1.36. The molecule has 0 aliphatic carbocycles. The zero-order chi connectivity index (χ0) is 13.2. The highest BCUT2D eigenvalue weighted by molar-refractivity contribution is 5.89. The molecule has 2 heterocycles. The van der Waals surface area contributed by atoms with Crippen molar-refractivity contribution in [2.75, 3.05) is 32.8 Å². The molecular weight excluding hydrogens is 242 g/mol. The second kappa shape index (κ2) is 4.81. The van der Waals surface area contributed by atoms with Gasteiger partial charge in [-0.3, -0.25) is 4.79 Å². The van der Waals surface area contributed by atoms with Gasteiger partial charge in [-0.05, 0) is 0 Å².